The minimum absolute atomic E-state index is 0.0924. The summed E-state index contributed by atoms with van der Waals surface area (Å²) in [5.74, 6) is 1.02. The van der Waals surface area contributed by atoms with Gasteiger partial charge in [0.2, 0.25) is 0 Å². The molecule has 0 N–H and O–H groups in total. The van der Waals surface area contributed by atoms with E-state index in [4.69, 9.17) is 4.74 Å². The number of rotatable bonds is 4. The van der Waals surface area contributed by atoms with Crippen LogP contribution in [0.5, 0.6) is 0 Å². The van der Waals surface area contributed by atoms with E-state index in [9.17, 15) is 4.79 Å². The average molecular weight is 307 g/mol. The molecule has 0 aromatic heterocycles. The highest BCUT2D eigenvalue weighted by molar-refractivity contribution is 8.00. The van der Waals surface area contributed by atoms with Gasteiger partial charge in [0.1, 0.15) is 6.10 Å². The number of carbonyl (C=O) groups is 1. The Bertz CT molecular complexity index is 481. The zero-order chi connectivity index (χ0) is 15.6. The fraction of sp³-hybridized carbons (Fsp3) is 0.588. The van der Waals surface area contributed by atoms with E-state index < -0.39 is 0 Å². The van der Waals surface area contributed by atoms with Gasteiger partial charge in [0.25, 0.3) is 0 Å². The molecule has 0 spiro atoms. The molecule has 0 radical (unpaired) electrons. The minimum atomic E-state index is -0.195. The van der Waals surface area contributed by atoms with Crippen molar-refractivity contribution in [3.05, 3.63) is 35.9 Å². The second-order valence-corrected chi connectivity index (χ2v) is 8.58. The summed E-state index contributed by atoms with van der Waals surface area (Å²) in [6.45, 7) is 10.8. The van der Waals surface area contributed by atoms with Gasteiger partial charge in [0.05, 0.1) is 11.9 Å². The summed E-state index contributed by atoms with van der Waals surface area (Å²) in [5.41, 5.74) is 1.08. The van der Waals surface area contributed by atoms with Crippen LogP contribution < -0.4 is 0 Å². The number of cyclic esters (lactones) is 1. The van der Waals surface area contributed by atoms with Gasteiger partial charge in [0.15, 0.2) is 0 Å². The van der Waals surface area contributed by atoms with Gasteiger partial charge < -0.3 is 4.74 Å². The van der Waals surface area contributed by atoms with Crippen molar-refractivity contribution >= 4 is 17.9 Å². The maximum absolute atomic E-state index is 12.3. The molecule has 1 fully saturated rings. The SMILES string of the molecule is CC(C)[C@@H]1[C@@H](c2ccccc2)OC(=O)N1CSC(C)(C)C. The molecule has 1 amide bonds. The van der Waals surface area contributed by atoms with E-state index in [1.165, 1.54) is 0 Å². The van der Waals surface area contributed by atoms with E-state index in [2.05, 4.69) is 34.6 Å². The molecule has 4 heteroatoms. The third-order valence-corrected chi connectivity index (χ3v) is 4.85. The number of nitrogens with zero attached hydrogens (tertiary/aromatic N) is 1. The van der Waals surface area contributed by atoms with E-state index >= 15 is 0 Å². The van der Waals surface area contributed by atoms with Crippen molar-refractivity contribution in [1.82, 2.24) is 4.90 Å². The Morgan fingerprint density at radius 1 is 1.24 bits per heavy atom. The fourth-order valence-electron chi connectivity index (χ4n) is 2.55. The smallest absolute Gasteiger partial charge is 0.411 e. The van der Waals surface area contributed by atoms with Crippen LogP contribution in [0.3, 0.4) is 0 Å². The standard InChI is InChI=1S/C17H25NO2S/c1-12(2)14-15(13-9-7-6-8-10-13)20-16(19)18(14)11-21-17(3,4)5/h6-10,12,14-15H,11H2,1-5H3/t14-,15-/m1/s1. The Labute approximate surface area is 132 Å². The lowest BCUT2D eigenvalue weighted by Crippen LogP contribution is -2.38. The van der Waals surface area contributed by atoms with Crippen molar-refractivity contribution in [2.24, 2.45) is 5.92 Å². The number of benzene rings is 1. The first-order valence-electron chi connectivity index (χ1n) is 7.46. The van der Waals surface area contributed by atoms with Gasteiger partial charge >= 0.3 is 6.09 Å². The summed E-state index contributed by atoms with van der Waals surface area (Å²) in [6.07, 6.45) is -0.362. The summed E-state index contributed by atoms with van der Waals surface area (Å²) >= 11 is 1.78. The van der Waals surface area contributed by atoms with Crippen LogP contribution in [-0.4, -0.2) is 27.7 Å². The highest BCUT2D eigenvalue weighted by Gasteiger charge is 2.44. The first kappa shape index (κ1) is 16.2. The number of hydrogen-bond acceptors (Lipinski definition) is 3. The van der Waals surface area contributed by atoms with Crippen LogP contribution in [0.25, 0.3) is 0 Å². The van der Waals surface area contributed by atoms with Gasteiger partial charge in [-0.25, -0.2) is 4.79 Å². The van der Waals surface area contributed by atoms with Gasteiger partial charge in [-0.2, -0.15) is 0 Å². The lowest BCUT2D eigenvalue weighted by atomic mass is 9.93. The first-order chi connectivity index (χ1) is 9.79. The molecule has 2 rings (SSSR count). The van der Waals surface area contributed by atoms with Crippen LogP contribution >= 0.6 is 11.8 Å². The summed E-state index contributed by atoms with van der Waals surface area (Å²) in [7, 11) is 0. The molecule has 1 aromatic carbocycles. The minimum Gasteiger partial charge on any atom is -0.439 e. The first-order valence-corrected chi connectivity index (χ1v) is 8.44. The van der Waals surface area contributed by atoms with Crippen LogP contribution in [-0.2, 0) is 4.74 Å². The number of hydrogen-bond donors (Lipinski definition) is 0. The molecule has 2 atom stereocenters. The van der Waals surface area contributed by atoms with Gasteiger partial charge in [-0.1, -0.05) is 65.0 Å². The van der Waals surface area contributed by atoms with Crippen molar-refractivity contribution < 1.29 is 9.53 Å². The van der Waals surface area contributed by atoms with Gasteiger partial charge in [-0.05, 0) is 11.5 Å². The van der Waals surface area contributed by atoms with E-state index in [0.717, 1.165) is 5.56 Å². The Kier molecular flexibility index (Phi) is 4.87. The van der Waals surface area contributed by atoms with E-state index in [0.29, 0.717) is 11.8 Å². The summed E-state index contributed by atoms with van der Waals surface area (Å²) in [6, 6.07) is 10.1. The molecule has 1 aromatic rings. The average Bonchev–Trinajstić information content (AvgIpc) is 2.74. The maximum Gasteiger partial charge on any atom is 0.411 e. The van der Waals surface area contributed by atoms with Crippen LogP contribution in [0, 0.1) is 5.92 Å². The van der Waals surface area contributed by atoms with Crippen molar-refractivity contribution in [2.75, 3.05) is 5.88 Å². The number of carbonyl (C=O) groups excluding carboxylic acids is 1. The Hall–Kier alpha value is -1.16. The number of thioether (sulfide) groups is 1. The second-order valence-electron chi connectivity index (χ2n) is 6.81. The van der Waals surface area contributed by atoms with Crippen molar-refractivity contribution in [3.8, 4) is 0 Å². The van der Waals surface area contributed by atoms with Crippen molar-refractivity contribution in [2.45, 2.75) is 51.5 Å². The third kappa shape index (κ3) is 3.94. The maximum atomic E-state index is 12.3. The molecular formula is C17H25NO2S. The monoisotopic (exact) mass is 307 g/mol. The molecule has 1 heterocycles. The van der Waals surface area contributed by atoms with Crippen LogP contribution in [0.4, 0.5) is 4.79 Å². The zero-order valence-corrected chi connectivity index (χ0v) is 14.3. The predicted octanol–water partition coefficient (Wildman–Crippen LogP) is 4.69. The molecular weight excluding hydrogens is 282 g/mol. The molecule has 116 valence electrons. The van der Waals surface area contributed by atoms with Crippen molar-refractivity contribution in [3.63, 3.8) is 0 Å². The van der Waals surface area contributed by atoms with Gasteiger partial charge in [-0.15, -0.1) is 11.8 Å². The van der Waals surface area contributed by atoms with E-state index in [1.807, 2.05) is 35.2 Å². The van der Waals surface area contributed by atoms with E-state index in [1.54, 1.807) is 11.8 Å². The quantitative estimate of drug-likeness (QED) is 0.808. The predicted molar refractivity (Wildman–Crippen MR) is 88.3 cm³/mol. The Morgan fingerprint density at radius 2 is 1.86 bits per heavy atom. The Morgan fingerprint density at radius 3 is 2.38 bits per heavy atom. The Balaban J connectivity index is 2.20. The topological polar surface area (TPSA) is 29.5 Å². The molecule has 21 heavy (non-hydrogen) atoms. The molecule has 1 aliphatic rings. The lowest BCUT2D eigenvalue weighted by Gasteiger charge is -2.30. The fourth-order valence-corrected chi connectivity index (χ4v) is 3.35. The highest BCUT2D eigenvalue weighted by atomic mass is 32.2. The number of ether oxygens (including phenoxy) is 1. The molecule has 1 aliphatic heterocycles. The largest absolute Gasteiger partial charge is 0.439 e. The molecule has 0 unspecified atom stereocenters. The molecule has 3 nitrogen and oxygen atoms in total. The summed E-state index contributed by atoms with van der Waals surface area (Å²) < 4.78 is 5.80. The number of amides is 1. The van der Waals surface area contributed by atoms with Crippen LogP contribution in [0.2, 0.25) is 0 Å². The lowest BCUT2D eigenvalue weighted by molar-refractivity contribution is 0.126. The molecule has 0 aliphatic carbocycles. The third-order valence-electron chi connectivity index (χ3n) is 3.58. The van der Waals surface area contributed by atoms with Crippen LogP contribution in [0.15, 0.2) is 30.3 Å². The molecule has 1 saturated heterocycles. The second kappa shape index (κ2) is 6.30. The van der Waals surface area contributed by atoms with E-state index in [-0.39, 0.29) is 23.0 Å². The van der Waals surface area contributed by atoms with Crippen LogP contribution in [0.1, 0.15) is 46.3 Å². The zero-order valence-electron chi connectivity index (χ0n) is 13.5. The summed E-state index contributed by atoms with van der Waals surface area (Å²) in [4.78, 5) is 14.2. The summed E-state index contributed by atoms with van der Waals surface area (Å²) in [5, 5.41) is 0. The van der Waals surface area contributed by atoms with Gasteiger partial charge in [-0.3, -0.25) is 4.90 Å². The normalized spacial score (nSPS) is 22.8. The highest BCUT2D eigenvalue weighted by Crippen LogP contribution is 2.38. The molecule has 0 saturated carbocycles. The van der Waals surface area contributed by atoms with Gasteiger partial charge in [0, 0.05) is 4.75 Å². The molecule has 0 bridgehead atoms. The van der Waals surface area contributed by atoms with Crippen molar-refractivity contribution in [1.29, 1.82) is 0 Å².